The van der Waals surface area contributed by atoms with Gasteiger partial charge in [-0.25, -0.2) is 4.98 Å². The third kappa shape index (κ3) is 3.64. The monoisotopic (exact) mass is 406 g/mol. The lowest BCUT2D eigenvalue weighted by Crippen LogP contribution is -1.92. The van der Waals surface area contributed by atoms with Crippen LogP contribution < -0.4 is 9.47 Å². The number of fused-ring (bicyclic) bond motifs is 1. The molecule has 0 amide bonds. The Kier molecular flexibility index (Phi) is 4.89. The van der Waals surface area contributed by atoms with Gasteiger partial charge in [-0.3, -0.25) is 0 Å². The summed E-state index contributed by atoms with van der Waals surface area (Å²) in [6.07, 6.45) is 4.22. The van der Waals surface area contributed by atoms with Gasteiger partial charge in [-0.1, -0.05) is 54.6 Å². The topological polar surface area (TPSA) is 35.8 Å². The zero-order valence-electron chi connectivity index (χ0n) is 17.4. The van der Waals surface area contributed by atoms with Gasteiger partial charge in [0, 0.05) is 23.5 Å². The molecular weight excluding hydrogens is 384 g/mol. The van der Waals surface area contributed by atoms with E-state index in [1.54, 1.807) is 14.2 Å². The normalized spacial score (nSPS) is 10.9. The number of ether oxygens (including phenoxy) is 2. The number of hydrogen-bond acceptors (Lipinski definition) is 3. The van der Waals surface area contributed by atoms with Crippen molar-refractivity contribution in [3.63, 3.8) is 0 Å². The van der Waals surface area contributed by atoms with E-state index >= 15 is 0 Å². The summed E-state index contributed by atoms with van der Waals surface area (Å²) >= 11 is 0. The Balaban J connectivity index is 1.71. The third-order valence-electron chi connectivity index (χ3n) is 5.45. The zero-order valence-corrected chi connectivity index (χ0v) is 17.4. The van der Waals surface area contributed by atoms with Crippen LogP contribution in [0, 0.1) is 0 Å². The van der Waals surface area contributed by atoms with Crippen LogP contribution in [0.1, 0.15) is 0 Å². The van der Waals surface area contributed by atoms with Crippen LogP contribution in [0.2, 0.25) is 0 Å². The van der Waals surface area contributed by atoms with Crippen molar-refractivity contribution in [1.29, 1.82) is 0 Å². The summed E-state index contributed by atoms with van der Waals surface area (Å²) in [5.74, 6) is 1.67. The number of pyridine rings is 1. The molecule has 0 spiro atoms. The zero-order chi connectivity index (χ0) is 21.2. The van der Waals surface area contributed by atoms with Crippen LogP contribution >= 0.6 is 0 Å². The molecule has 0 aliphatic rings. The van der Waals surface area contributed by atoms with Gasteiger partial charge in [-0.05, 0) is 47.0 Å². The quantitative estimate of drug-likeness (QED) is 0.341. The van der Waals surface area contributed by atoms with Crippen molar-refractivity contribution < 1.29 is 9.47 Å². The highest BCUT2D eigenvalue weighted by atomic mass is 16.5. The van der Waals surface area contributed by atoms with Gasteiger partial charge in [0.2, 0.25) is 0 Å². The van der Waals surface area contributed by atoms with E-state index in [9.17, 15) is 0 Å². The van der Waals surface area contributed by atoms with Crippen LogP contribution in [0.4, 0.5) is 0 Å². The first-order valence-corrected chi connectivity index (χ1v) is 10.1. The van der Waals surface area contributed by atoms with Crippen molar-refractivity contribution >= 4 is 5.65 Å². The summed E-state index contributed by atoms with van der Waals surface area (Å²) in [5, 5.41) is 0. The van der Waals surface area contributed by atoms with E-state index in [0.29, 0.717) is 0 Å². The average molecular weight is 406 g/mol. The summed E-state index contributed by atoms with van der Waals surface area (Å²) < 4.78 is 12.8. The predicted octanol–water partition coefficient (Wildman–Crippen LogP) is 6.35. The second-order valence-electron chi connectivity index (χ2n) is 7.32. The van der Waals surface area contributed by atoms with Crippen LogP contribution in [-0.4, -0.2) is 23.6 Å². The highest BCUT2D eigenvalue weighted by Crippen LogP contribution is 2.33. The van der Waals surface area contributed by atoms with Gasteiger partial charge in [0.25, 0.3) is 0 Å². The number of rotatable bonds is 5. The van der Waals surface area contributed by atoms with Crippen molar-refractivity contribution in [1.82, 2.24) is 9.38 Å². The first kappa shape index (κ1) is 18.9. The first-order valence-electron chi connectivity index (χ1n) is 10.1. The van der Waals surface area contributed by atoms with E-state index in [1.165, 1.54) is 0 Å². The molecule has 0 atom stereocenters. The molecule has 5 aromatic rings. The fourth-order valence-corrected chi connectivity index (χ4v) is 3.77. The second-order valence-corrected chi connectivity index (χ2v) is 7.32. The Morgan fingerprint density at radius 1 is 0.613 bits per heavy atom. The lowest BCUT2D eigenvalue weighted by atomic mass is 10.0. The molecule has 0 aliphatic heterocycles. The number of hydrogen-bond donors (Lipinski definition) is 0. The lowest BCUT2D eigenvalue weighted by Gasteiger charge is -2.10. The smallest absolute Gasteiger partial charge is 0.145 e. The van der Waals surface area contributed by atoms with Crippen LogP contribution in [0.3, 0.4) is 0 Å². The largest absolute Gasteiger partial charge is 0.497 e. The van der Waals surface area contributed by atoms with Crippen LogP contribution in [0.25, 0.3) is 39.2 Å². The summed E-state index contributed by atoms with van der Waals surface area (Å²) in [6.45, 7) is 0. The molecule has 0 saturated carbocycles. The molecule has 2 heterocycles. The van der Waals surface area contributed by atoms with Gasteiger partial charge < -0.3 is 13.9 Å². The molecule has 152 valence electrons. The molecule has 0 radical (unpaired) electrons. The van der Waals surface area contributed by atoms with Gasteiger partial charge in [0.15, 0.2) is 0 Å². The van der Waals surface area contributed by atoms with Gasteiger partial charge in [-0.15, -0.1) is 0 Å². The Labute approximate surface area is 181 Å². The highest BCUT2D eigenvalue weighted by molar-refractivity contribution is 5.84. The summed E-state index contributed by atoms with van der Waals surface area (Å²) in [7, 11) is 3.36. The first-order chi connectivity index (χ1) is 15.2. The van der Waals surface area contributed by atoms with Crippen LogP contribution in [-0.2, 0) is 0 Å². The number of aromatic nitrogens is 2. The van der Waals surface area contributed by atoms with E-state index in [0.717, 1.165) is 50.7 Å². The summed E-state index contributed by atoms with van der Waals surface area (Å²) in [6, 6.07) is 28.7. The molecule has 5 rings (SSSR count). The number of benzene rings is 3. The maximum atomic E-state index is 5.34. The van der Waals surface area contributed by atoms with Gasteiger partial charge >= 0.3 is 0 Å². The minimum atomic E-state index is 0.833. The van der Waals surface area contributed by atoms with Crippen molar-refractivity contribution in [2.45, 2.75) is 0 Å². The Hall–Kier alpha value is -4.05. The average Bonchev–Trinajstić information content (AvgIpc) is 3.28. The van der Waals surface area contributed by atoms with Crippen molar-refractivity contribution in [3.05, 3.63) is 97.3 Å². The number of imidazole rings is 1. The van der Waals surface area contributed by atoms with E-state index in [2.05, 4.69) is 59.3 Å². The molecule has 0 unspecified atom stereocenters. The molecule has 31 heavy (non-hydrogen) atoms. The van der Waals surface area contributed by atoms with Crippen molar-refractivity contribution in [3.8, 4) is 45.0 Å². The third-order valence-corrected chi connectivity index (χ3v) is 5.45. The Morgan fingerprint density at radius 2 is 1.23 bits per heavy atom. The van der Waals surface area contributed by atoms with Crippen LogP contribution in [0.5, 0.6) is 11.5 Å². The van der Waals surface area contributed by atoms with E-state index < -0.39 is 0 Å². The second kappa shape index (κ2) is 8.00. The van der Waals surface area contributed by atoms with Crippen molar-refractivity contribution in [2.24, 2.45) is 0 Å². The fraction of sp³-hybridized carbons (Fsp3) is 0.0741. The van der Waals surface area contributed by atoms with E-state index in [4.69, 9.17) is 14.5 Å². The van der Waals surface area contributed by atoms with Crippen molar-refractivity contribution in [2.75, 3.05) is 14.2 Å². The molecule has 0 fully saturated rings. The van der Waals surface area contributed by atoms with Gasteiger partial charge in [0.1, 0.15) is 17.1 Å². The Morgan fingerprint density at radius 3 is 1.84 bits per heavy atom. The fourth-order valence-electron chi connectivity index (χ4n) is 3.77. The summed E-state index contributed by atoms with van der Waals surface area (Å²) in [4.78, 5) is 4.98. The minimum absolute atomic E-state index is 0.833. The molecule has 0 bridgehead atoms. The number of nitrogens with zero attached hydrogens (tertiary/aromatic N) is 2. The summed E-state index contributed by atoms with van der Waals surface area (Å²) in [5.41, 5.74) is 7.34. The maximum Gasteiger partial charge on any atom is 0.145 e. The molecular formula is C27H22N2O2. The molecule has 0 saturated heterocycles. The molecule has 3 aromatic carbocycles. The van der Waals surface area contributed by atoms with Gasteiger partial charge in [0.05, 0.1) is 19.9 Å². The highest BCUT2D eigenvalue weighted by Gasteiger charge is 2.13. The standard InChI is InChI=1S/C27H22N2O2/c1-30-23-12-8-19(9-13-23)22-16-25(20-10-14-24(31-2)15-11-20)27-28-26(18-29(27)17-22)21-6-4-3-5-7-21/h3-18H,1-2H3. The number of methoxy groups -OCH3 is 2. The van der Waals surface area contributed by atoms with E-state index in [1.807, 2.05) is 42.5 Å². The van der Waals surface area contributed by atoms with Gasteiger partial charge in [-0.2, -0.15) is 0 Å². The van der Waals surface area contributed by atoms with Crippen LogP contribution in [0.15, 0.2) is 97.3 Å². The molecule has 0 aliphatic carbocycles. The minimum Gasteiger partial charge on any atom is -0.497 e. The SMILES string of the molecule is COc1ccc(-c2cc(-c3ccc(OC)cc3)c3nc(-c4ccccc4)cn3c2)cc1. The molecule has 2 aromatic heterocycles. The lowest BCUT2D eigenvalue weighted by molar-refractivity contribution is 0.415. The molecule has 0 N–H and O–H groups in total. The molecule has 4 heteroatoms. The van der Waals surface area contributed by atoms with E-state index in [-0.39, 0.29) is 0 Å². The molecule has 4 nitrogen and oxygen atoms in total. The maximum absolute atomic E-state index is 5.34. The predicted molar refractivity (Wildman–Crippen MR) is 125 cm³/mol. The Bertz CT molecular complexity index is 1320.